The maximum absolute atomic E-state index is 12.6. The Morgan fingerprint density at radius 1 is 1.18 bits per heavy atom. The summed E-state index contributed by atoms with van der Waals surface area (Å²) in [6.07, 6.45) is 3.44. The number of likely N-dealkylation sites (tertiary alicyclic amines) is 1. The molecule has 28 heavy (non-hydrogen) atoms. The van der Waals surface area contributed by atoms with E-state index in [1.54, 1.807) is 25.6 Å². The van der Waals surface area contributed by atoms with Gasteiger partial charge in [0.2, 0.25) is 17.7 Å². The molecule has 10 heteroatoms. The van der Waals surface area contributed by atoms with Crippen LogP contribution in [0.15, 0.2) is 0 Å². The highest BCUT2D eigenvalue weighted by molar-refractivity contribution is 7.98. The summed E-state index contributed by atoms with van der Waals surface area (Å²) in [7, 11) is 0. The summed E-state index contributed by atoms with van der Waals surface area (Å²) >= 11 is 1.58. The number of rotatable bonds is 10. The number of carboxylic acids is 1. The quantitative estimate of drug-likeness (QED) is 0.386. The predicted octanol–water partition coefficient (Wildman–Crippen LogP) is -0.212. The lowest BCUT2D eigenvalue weighted by Crippen LogP contribution is -2.57. The van der Waals surface area contributed by atoms with E-state index in [1.165, 1.54) is 11.8 Å². The van der Waals surface area contributed by atoms with E-state index in [9.17, 15) is 24.3 Å². The zero-order valence-electron chi connectivity index (χ0n) is 16.9. The number of nitrogens with zero attached hydrogens (tertiary/aromatic N) is 1. The molecule has 1 saturated heterocycles. The van der Waals surface area contributed by atoms with Gasteiger partial charge in [-0.15, -0.1) is 0 Å². The monoisotopic (exact) mass is 416 g/mol. The minimum atomic E-state index is -1.05. The van der Waals surface area contributed by atoms with Crippen LogP contribution in [-0.2, 0) is 19.2 Å². The lowest BCUT2D eigenvalue weighted by molar-refractivity contribution is -0.149. The molecule has 1 rings (SSSR count). The van der Waals surface area contributed by atoms with Crippen LogP contribution < -0.4 is 16.4 Å². The minimum Gasteiger partial charge on any atom is -0.480 e. The molecular weight excluding hydrogens is 384 g/mol. The summed E-state index contributed by atoms with van der Waals surface area (Å²) in [5.41, 5.74) is 5.85. The van der Waals surface area contributed by atoms with Crippen molar-refractivity contribution in [2.75, 3.05) is 18.6 Å². The molecule has 1 aliphatic heterocycles. The minimum absolute atomic E-state index is 0.211. The van der Waals surface area contributed by atoms with Crippen molar-refractivity contribution in [3.63, 3.8) is 0 Å². The molecule has 0 aromatic carbocycles. The highest BCUT2D eigenvalue weighted by atomic mass is 32.2. The summed E-state index contributed by atoms with van der Waals surface area (Å²) in [5, 5.41) is 14.5. The fourth-order valence-corrected chi connectivity index (χ4v) is 3.56. The van der Waals surface area contributed by atoms with E-state index in [-0.39, 0.29) is 5.92 Å². The lowest BCUT2D eigenvalue weighted by Gasteiger charge is -2.28. The van der Waals surface area contributed by atoms with Crippen molar-refractivity contribution in [2.45, 2.75) is 64.2 Å². The molecule has 1 heterocycles. The van der Waals surface area contributed by atoms with E-state index in [2.05, 4.69) is 10.6 Å². The van der Waals surface area contributed by atoms with Gasteiger partial charge in [-0.25, -0.2) is 4.79 Å². The molecular formula is C18H32N4O5S. The van der Waals surface area contributed by atoms with Crippen LogP contribution in [0.3, 0.4) is 0 Å². The Morgan fingerprint density at radius 3 is 2.36 bits per heavy atom. The van der Waals surface area contributed by atoms with Crippen LogP contribution in [0, 0.1) is 5.92 Å². The first-order chi connectivity index (χ1) is 13.1. The summed E-state index contributed by atoms with van der Waals surface area (Å²) < 4.78 is 0. The van der Waals surface area contributed by atoms with Gasteiger partial charge in [0.25, 0.3) is 0 Å². The normalized spacial score (nSPS) is 19.8. The van der Waals surface area contributed by atoms with Gasteiger partial charge in [0.1, 0.15) is 18.1 Å². The van der Waals surface area contributed by atoms with Crippen LogP contribution in [0.1, 0.15) is 40.0 Å². The van der Waals surface area contributed by atoms with Gasteiger partial charge in [-0.1, -0.05) is 13.8 Å². The molecule has 0 bridgehead atoms. The highest BCUT2D eigenvalue weighted by Gasteiger charge is 2.37. The molecule has 0 aliphatic carbocycles. The number of carboxylic acid groups (broad SMARTS) is 1. The molecule has 0 aromatic heterocycles. The van der Waals surface area contributed by atoms with Gasteiger partial charge in [-0.3, -0.25) is 14.4 Å². The zero-order chi connectivity index (χ0) is 21.4. The second-order valence-electron chi connectivity index (χ2n) is 7.38. The molecule has 160 valence electrons. The number of hydrogen-bond acceptors (Lipinski definition) is 6. The van der Waals surface area contributed by atoms with E-state index >= 15 is 0 Å². The molecule has 1 aliphatic rings. The van der Waals surface area contributed by atoms with Gasteiger partial charge in [0.15, 0.2) is 0 Å². The fourth-order valence-electron chi connectivity index (χ4n) is 3.07. The second-order valence-corrected chi connectivity index (χ2v) is 8.36. The molecule has 0 aromatic rings. The van der Waals surface area contributed by atoms with Gasteiger partial charge in [0.05, 0.1) is 6.04 Å². The van der Waals surface area contributed by atoms with E-state index in [0.29, 0.717) is 25.8 Å². The van der Waals surface area contributed by atoms with Gasteiger partial charge < -0.3 is 26.4 Å². The number of carbonyl (C=O) groups is 4. The third kappa shape index (κ3) is 6.66. The van der Waals surface area contributed by atoms with Crippen molar-refractivity contribution in [2.24, 2.45) is 11.7 Å². The van der Waals surface area contributed by atoms with E-state index < -0.39 is 47.9 Å². The van der Waals surface area contributed by atoms with Crippen LogP contribution in [0.5, 0.6) is 0 Å². The second kappa shape index (κ2) is 11.3. The predicted molar refractivity (Wildman–Crippen MR) is 108 cm³/mol. The largest absolute Gasteiger partial charge is 0.480 e. The molecule has 4 atom stereocenters. The molecule has 4 unspecified atom stereocenters. The number of nitrogens with one attached hydrogen (secondary N) is 2. The number of nitrogens with two attached hydrogens (primary N) is 1. The maximum Gasteiger partial charge on any atom is 0.326 e. The molecule has 0 radical (unpaired) electrons. The van der Waals surface area contributed by atoms with E-state index in [1.807, 2.05) is 6.26 Å². The van der Waals surface area contributed by atoms with Crippen molar-refractivity contribution < 1.29 is 24.3 Å². The lowest BCUT2D eigenvalue weighted by atomic mass is 10.0. The number of aliphatic carboxylic acids is 1. The first kappa shape index (κ1) is 24.2. The Morgan fingerprint density at radius 2 is 1.82 bits per heavy atom. The molecule has 0 spiro atoms. The zero-order valence-corrected chi connectivity index (χ0v) is 17.8. The van der Waals surface area contributed by atoms with E-state index in [0.717, 1.165) is 5.75 Å². The van der Waals surface area contributed by atoms with Gasteiger partial charge in [-0.05, 0) is 44.1 Å². The fraction of sp³-hybridized carbons (Fsp3) is 0.778. The Labute approximate surface area is 170 Å². The van der Waals surface area contributed by atoms with Crippen molar-refractivity contribution in [1.29, 1.82) is 0 Å². The van der Waals surface area contributed by atoms with Crippen LogP contribution in [0.25, 0.3) is 0 Å². The Bertz CT molecular complexity index is 586. The summed E-state index contributed by atoms with van der Waals surface area (Å²) in [4.78, 5) is 50.0. The highest BCUT2D eigenvalue weighted by Crippen LogP contribution is 2.18. The topological polar surface area (TPSA) is 142 Å². The SMILES string of the molecule is CSCCC(N)C(=O)NC(C(=O)NC(C)C(=O)N1CCCC1C(=O)O)C(C)C. The number of amides is 3. The van der Waals surface area contributed by atoms with Gasteiger partial charge >= 0.3 is 5.97 Å². The Kier molecular flexibility index (Phi) is 9.74. The summed E-state index contributed by atoms with van der Waals surface area (Å²) in [6, 6.07) is -3.30. The third-order valence-electron chi connectivity index (χ3n) is 4.77. The smallest absolute Gasteiger partial charge is 0.326 e. The Balaban J connectivity index is 2.71. The van der Waals surface area contributed by atoms with Crippen molar-refractivity contribution in [3.8, 4) is 0 Å². The molecule has 5 N–H and O–H groups in total. The average Bonchev–Trinajstić information content (AvgIpc) is 3.12. The first-order valence-electron chi connectivity index (χ1n) is 9.48. The van der Waals surface area contributed by atoms with Crippen molar-refractivity contribution in [3.05, 3.63) is 0 Å². The number of thioether (sulfide) groups is 1. The van der Waals surface area contributed by atoms with Crippen LogP contribution >= 0.6 is 11.8 Å². The standard InChI is InChI=1S/C18H32N4O5S/c1-10(2)14(21-15(23)12(19)7-9-28-4)16(24)20-11(3)17(25)22-8-5-6-13(22)18(26)27/h10-14H,5-9,19H2,1-4H3,(H,20,24)(H,21,23)(H,26,27). The summed E-state index contributed by atoms with van der Waals surface area (Å²) in [6.45, 7) is 5.43. The van der Waals surface area contributed by atoms with E-state index in [4.69, 9.17) is 5.73 Å². The van der Waals surface area contributed by atoms with Crippen LogP contribution in [0.2, 0.25) is 0 Å². The van der Waals surface area contributed by atoms with Gasteiger partial charge in [-0.2, -0.15) is 11.8 Å². The third-order valence-corrected chi connectivity index (χ3v) is 5.41. The maximum atomic E-state index is 12.6. The molecule has 3 amide bonds. The molecule has 0 saturated carbocycles. The van der Waals surface area contributed by atoms with Crippen LogP contribution in [0.4, 0.5) is 0 Å². The van der Waals surface area contributed by atoms with Crippen molar-refractivity contribution in [1.82, 2.24) is 15.5 Å². The Hall–Kier alpha value is -1.81. The van der Waals surface area contributed by atoms with Crippen molar-refractivity contribution >= 4 is 35.5 Å². The van der Waals surface area contributed by atoms with Gasteiger partial charge in [0, 0.05) is 6.54 Å². The average molecular weight is 417 g/mol. The first-order valence-corrected chi connectivity index (χ1v) is 10.9. The van der Waals surface area contributed by atoms with Crippen LogP contribution in [-0.4, -0.2) is 76.4 Å². The molecule has 9 nitrogen and oxygen atoms in total. The number of hydrogen-bond donors (Lipinski definition) is 4. The summed E-state index contributed by atoms with van der Waals surface area (Å²) in [5.74, 6) is -1.86. The molecule has 1 fully saturated rings. The number of carbonyl (C=O) groups excluding carboxylic acids is 3.